The third kappa shape index (κ3) is 2.23. The number of rotatable bonds is 3. The lowest BCUT2D eigenvalue weighted by Crippen LogP contribution is -2.18. The van der Waals surface area contributed by atoms with Crippen molar-refractivity contribution in [1.82, 2.24) is 4.98 Å². The first-order valence-electron chi connectivity index (χ1n) is 4.92. The zero-order valence-corrected chi connectivity index (χ0v) is 9.28. The maximum Gasteiger partial charge on any atom is 0.131 e. The first-order valence-corrected chi connectivity index (χ1v) is 4.92. The molecule has 1 rings (SSSR count). The zero-order valence-electron chi connectivity index (χ0n) is 9.28. The van der Waals surface area contributed by atoms with Crippen LogP contribution in [-0.4, -0.2) is 23.7 Å². The molecule has 0 aromatic carbocycles. The third-order valence-electron chi connectivity index (χ3n) is 2.39. The summed E-state index contributed by atoms with van der Waals surface area (Å²) >= 11 is 0. The summed E-state index contributed by atoms with van der Waals surface area (Å²) in [5, 5.41) is 9.38. The van der Waals surface area contributed by atoms with Gasteiger partial charge in [0, 0.05) is 19.8 Å². The van der Waals surface area contributed by atoms with Crippen molar-refractivity contribution in [1.29, 1.82) is 0 Å². The van der Waals surface area contributed by atoms with Gasteiger partial charge in [0.15, 0.2) is 0 Å². The van der Waals surface area contributed by atoms with E-state index in [0.29, 0.717) is 0 Å². The van der Waals surface area contributed by atoms with Crippen LogP contribution in [0.25, 0.3) is 0 Å². The van der Waals surface area contributed by atoms with Gasteiger partial charge in [-0.1, -0.05) is 0 Å². The molecule has 0 aliphatic rings. The van der Waals surface area contributed by atoms with Crippen LogP contribution in [-0.2, 0) is 0 Å². The number of aliphatic hydroxyl groups is 1. The molecule has 0 fully saturated rings. The average molecular weight is 194 g/mol. The maximum absolute atomic E-state index is 9.38. The lowest BCUT2D eigenvalue weighted by Gasteiger charge is -2.18. The van der Waals surface area contributed by atoms with Crippen LogP contribution < -0.4 is 4.90 Å². The number of nitrogens with zero attached hydrogens (tertiary/aromatic N) is 2. The summed E-state index contributed by atoms with van der Waals surface area (Å²) in [6.07, 6.45) is 1.29. The van der Waals surface area contributed by atoms with Crippen molar-refractivity contribution in [2.75, 3.05) is 18.5 Å². The molecule has 1 aromatic rings. The number of hydrogen-bond acceptors (Lipinski definition) is 3. The molecule has 0 radical (unpaired) electrons. The van der Waals surface area contributed by atoms with Crippen molar-refractivity contribution >= 4 is 5.82 Å². The Morgan fingerprint density at radius 2 is 2.21 bits per heavy atom. The second kappa shape index (κ2) is 4.42. The lowest BCUT2D eigenvalue weighted by atomic mass is 10.1. The molecule has 1 aromatic heterocycles. The fraction of sp³-hybridized carbons (Fsp3) is 0.545. The average Bonchev–Trinajstić information content (AvgIpc) is 2.16. The Hall–Kier alpha value is -1.09. The van der Waals surface area contributed by atoms with E-state index in [1.807, 2.05) is 20.0 Å². The van der Waals surface area contributed by atoms with Gasteiger partial charge in [0.05, 0.1) is 6.10 Å². The third-order valence-corrected chi connectivity index (χ3v) is 2.39. The van der Waals surface area contributed by atoms with Crippen molar-refractivity contribution in [3.05, 3.63) is 23.4 Å². The van der Waals surface area contributed by atoms with E-state index in [9.17, 15) is 5.11 Å². The monoisotopic (exact) mass is 194 g/mol. The van der Waals surface area contributed by atoms with E-state index in [-0.39, 0.29) is 0 Å². The number of aryl methyl sites for hydroxylation is 1. The van der Waals surface area contributed by atoms with Crippen LogP contribution in [0.2, 0.25) is 0 Å². The molecule has 3 heteroatoms. The van der Waals surface area contributed by atoms with Gasteiger partial charge in [-0.15, -0.1) is 0 Å². The highest BCUT2D eigenvalue weighted by Crippen LogP contribution is 2.19. The number of aliphatic hydroxyl groups excluding tert-OH is 1. The van der Waals surface area contributed by atoms with Crippen LogP contribution in [0.5, 0.6) is 0 Å². The Kier molecular flexibility index (Phi) is 3.47. The topological polar surface area (TPSA) is 36.4 Å². The number of aromatic nitrogens is 1. The standard InChI is InChI=1S/C11H18N2O/c1-5-13(4)11-8(2)6-10(7-12-11)9(3)14/h6-7,9,14H,5H2,1-4H3/t9-/m1/s1. The van der Waals surface area contributed by atoms with Gasteiger partial charge in [-0.05, 0) is 38.0 Å². The highest BCUT2D eigenvalue weighted by atomic mass is 16.3. The first-order chi connectivity index (χ1) is 6.56. The largest absolute Gasteiger partial charge is 0.389 e. The molecule has 0 spiro atoms. The van der Waals surface area contributed by atoms with Gasteiger partial charge in [0.2, 0.25) is 0 Å². The Morgan fingerprint density at radius 3 is 2.64 bits per heavy atom. The molecule has 3 nitrogen and oxygen atoms in total. The van der Waals surface area contributed by atoms with Gasteiger partial charge in [0.25, 0.3) is 0 Å². The molecule has 0 amide bonds. The number of pyridine rings is 1. The van der Waals surface area contributed by atoms with Gasteiger partial charge >= 0.3 is 0 Å². The van der Waals surface area contributed by atoms with Gasteiger partial charge in [0.1, 0.15) is 5.82 Å². The second-order valence-corrected chi connectivity index (χ2v) is 3.60. The molecule has 0 unspecified atom stereocenters. The first kappa shape index (κ1) is 11.0. The van der Waals surface area contributed by atoms with Gasteiger partial charge in [-0.3, -0.25) is 0 Å². The van der Waals surface area contributed by atoms with Crippen LogP contribution in [0.1, 0.15) is 31.1 Å². The van der Waals surface area contributed by atoms with Crippen LogP contribution in [0.4, 0.5) is 5.82 Å². The molecule has 0 saturated carbocycles. The predicted octanol–water partition coefficient (Wildman–Crippen LogP) is 1.90. The normalized spacial score (nSPS) is 12.6. The van der Waals surface area contributed by atoms with Crippen LogP contribution in [0, 0.1) is 6.92 Å². The second-order valence-electron chi connectivity index (χ2n) is 3.60. The van der Waals surface area contributed by atoms with Crippen LogP contribution >= 0.6 is 0 Å². The minimum absolute atomic E-state index is 0.442. The predicted molar refractivity (Wildman–Crippen MR) is 58.6 cm³/mol. The maximum atomic E-state index is 9.38. The zero-order chi connectivity index (χ0) is 10.7. The molecule has 0 bridgehead atoms. The van der Waals surface area contributed by atoms with Crippen LogP contribution in [0.3, 0.4) is 0 Å². The highest BCUT2D eigenvalue weighted by molar-refractivity contribution is 5.46. The molecule has 1 N–H and O–H groups in total. The van der Waals surface area contributed by atoms with Crippen molar-refractivity contribution in [3.8, 4) is 0 Å². The molecule has 0 saturated heterocycles. The molecule has 78 valence electrons. The Bertz CT molecular complexity index is 310. The number of hydrogen-bond donors (Lipinski definition) is 1. The van der Waals surface area contributed by atoms with Gasteiger partial charge in [-0.2, -0.15) is 0 Å². The van der Waals surface area contributed by atoms with E-state index in [4.69, 9.17) is 0 Å². The van der Waals surface area contributed by atoms with Crippen molar-refractivity contribution in [2.24, 2.45) is 0 Å². The molecule has 14 heavy (non-hydrogen) atoms. The van der Waals surface area contributed by atoms with E-state index < -0.39 is 6.10 Å². The highest BCUT2D eigenvalue weighted by Gasteiger charge is 2.07. The summed E-state index contributed by atoms with van der Waals surface area (Å²) in [5.41, 5.74) is 1.98. The summed E-state index contributed by atoms with van der Waals surface area (Å²) in [5.74, 6) is 0.983. The molecular formula is C11H18N2O. The Balaban J connectivity index is 3.01. The molecule has 0 aliphatic heterocycles. The van der Waals surface area contributed by atoms with Gasteiger partial charge < -0.3 is 10.0 Å². The quantitative estimate of drug-likeness (QED) is 0.798. The minimum atomic E-state index is -0.442. The van der Waals surface area contributed by atoms with E-state index in [2.05, 4.69) is 16.8 Å². The SMILES string of the molecule is CCN(C)c1ncc([C@@H](C)O)cc1C. The smallest absolute Gasteiger partial charge is 0.131 e. The van der Waals surface area contributed by atoms with E-state index in [1.54, 1.807) is 13.1 Å². The Morgan fingerprint density at radius 1 is 1.57 bits per heavy atom. The Labute approximate surface area is 85.4 Å². The molecule has 1 heterocycles. The lowest BCUT2D eigenvalue weighted by molar-refractivity contribution is 0.199. The van der Waals surface area contributed by atoms with Gasteiger partial charge in [-0.25, -0.2) is 4.98 Å². The summed E-state index contributed by atoms with van der Waals surface area (Å²) in [7, 11) is 2.01. The van der Waals surface area contributed by atoms with Crippen molar-refractivity contribution in [2.45, 2.75) is 26.9 Å². The molecular weight excluding hydrogens is 176 g/mol. The summed E-state index contributed by atoms with van der Waals surface area (Å²) in [6.45, 7) is 6.78. The van der Waals surface area contributed by atoms with E-state index in [1.165, 1.54) is 0 Å². The van der Waals surface area contributed by atoms with Crippen molar-refractivity contribution < 1.29 is 5.11 Å². The van der Waals surface area contributed by atoms with E-state index >= 15 is 0 Å². The summed E-state index contributed by atoms with van der Waals surface area (Å²) in [6, 6.07) is 1.99. The fourth-order valence-electron chi connectivity index (χ4n) is 1.37. The molecule has 0 aliphatic carbocycles. The summed E-state index contributed by atoms with van der Waals surface area (Å²) in [4.78, 5) is 6.42. The van der Waals surface area contributed by atoms with Crippen molar-refractivity contribution in [3.63, 3.8) is 0 Å². The number of anilines is 1. The molecule has 1 atom stereocenters. The van der Waals surface area contributed by atoms with E-state index in [0.717, 1.165) is 23.5 Å². The minimum Gasteiger partial charge on any atom is -0.389 e. The van der Waals surface area contributed by atoms with Crippen LogP contribution in [0.15, 0.2) is 12.3 Å². The fourth-order valence-corrected chi connectivity index (χ4v) is 1.37. The summed E-state index contributed by atoms with van der Waals surface area (Å²) < 4.78 is 0.